The van der Waals surface area contributed by atoms with E-state index < -0.39 is 34.5 Å². The van der Waals surface area contributed by atoms with Gasteiger partial charge in [0.2, 0.25) is 0 Å². The van der Waals surface area contributed by atoms with Crippen LogP contribution in [0.1, 0.15) is 42.1 Å². The van der Waals surface area contributed by atoms with Gasteiger partial charge in [-0.25, -0.2) is 5.01 Å². The Morgan fingerprint density at radius 3 is 2.39 bits per heavy atom. The van der Waals surface area contributed by atoms with E-state index in [0.29, 0.717) is 24.3 Å². The second kappa shape index (κ2) is 8.29. The zero-order chi connectivity index (χ0) is 22.1. The zero-order valence-corrected chi connectivity index (χ0v) is 17.1. The molecule has 0 N–H and O–H groups in total. The third-order valence-electron chi connectivity index (χ3n) is 6.15. The minimum Gasteiger partial charge on any atom is -0.272 e. The SMILES string of the molecule is C[C@@H]1CC[C@H]2C(=O)N(N(Cc3ccccc3)C(=O)c3ccccc3[N+](=O)[O-])C(=O)[C@H]2C1. The van der Waals surface area contributed by atoms with Crippen LogP contribution in [-0.4, -0.2) is 32.7 Å². The lowest BCUT2D eigenvalue weighted by molar-refractivity contribution is -0.385. The van der Waals surface area contributed by atoms with E-state index in [1.807, 2.05) is 6.07 Å². The molecule has 0 spiro atoms. The Morgan fingerprint density at radius 2 is 1.68 bits per heavy atom. The lowest BCUT2D eigenvalue weighted by Crippen LogP contribution is -2.49. The summed E-state index contributed by atoms with van der Waals surface area (Å²) in [5.74, 6) is -2.11. The number of carbonyl (C=O) groups is 3. The van der Waals surface area contributed by atoms with Gasteiger partial charge in [-0.05, 0) is 36.8 Å². The van der Waals surface area contributed by atoms with E-state index in [-0.39, 0.29) is 17.8 Å². The normalized spacial score (nSPS) is 22.9. The molecule has 31 heavy (non-hydrogen) atoms. The molecule has 3 amide bonds. The summed E-state index contributed by atoms with van der Waals surface area (Å²) >= 11 is 0. The second-order valence-electron chi connectivity index (χ2n) is 8.24. The summed E-state index contributed by atoms with van der Waals surface area (Å²) in [5, 5.41) is 13.5. The summed E-state index contributed by atoms with van der Waals surface area (Å²) in [6.45, 7) is 2.01. The number of hydrazine groups is 1. The first kappa shape index (κ1) is 20.7. The fourth-order valence-corrected chi connectivity index (χ4v) is 4.55. The molecule has 2 fully saturated rings. The minimum atomic E-state index is -0.746. The van der Waals surface area contributed by atoms with Crippen LogP contribution >= 0.6 is 0 Å². The molecule has 0 radical (unpaired) electrons. The van der Waals surface area contributed by atoms with Crippen LogP contribution in [0.15, 0.2) is 54.6 Å². The standard InChI is InChI=1S/C23H23N3O5/c1-15-11-12-17-19(13-15)23(29)25(22(17)28)24(14-16-7-3-2-4-8-16)21(27)18-9-5-6-10-20(18)26(30)31/h2-10,15,17,19H,11-14H2,1H3/t15-,17-,19+/m1/s1. The average molecular weight is 421 g/mol. The topological polar surface area (TPSA) is 101 Å². The monoisotopic (exact) mass is 421 g/mol. The highest BCUT2D eigenvalue weighted by Gasteiger charge is 2.52. The number of para-hydroxylation sites is 1. The fraction of sp³-hybridized carbons (Fsp3) is 0.348. The summed E-state index contributed by atoms with van der Waals surface area (Å²) < 4.78 is 0. The quantitative estimate of drug-likeness (QED) is 0.417. The minimum absolute atomic E-state index is 0.0435. The van der Waals surface area contributed by atoms with Crippen LogP contribution in [0, 0.1) is 27.9 Å². The molecule has 0 bridgehead atoms. The molecular weight excluding hydrogens is 398 g/mol. The Hall–Kier alpha value is -3.55. The molecule has 1 heterocycles. The van der Waals surface area contributed by atoms with Crippen LogP contribution in [0.25, 0.3) is 0 Å². The predicted octanol–water partition coefficient (Wildman–Crippen LogP) is 3.57. The largest absolute Gasteiger partial charge is 0.282 e. The van der Waals surface area contributed by atoms with Gasteiger partial charge in [-0.1, -0.05) is 49.4 Å². The predicted molar refractivity (Wildman–Crippen MR) is 111 cm³/mol. The van der Waals surface area contributed by atoms with Crippen LogP contribution < -0.4 is 0 Å². The molecule has 2 aromatic carbocycles. The number of fused-ring (bicyclic) bond motifs is 1. The summed E-state index contributed by atoms with van der Waals surface area (Å²) in [6.07, 6.45) is 2.06. The van der Waals surface area contributed by atoms with Gasteiger partial charge in [0.05, 0.1) is 23.3 Å². The van der Waals surface area contributed by atoms with Gasteiger partial charge in [-0.2, -0.15) is 5.01 Å². The lowest BCUT2D eigenvalue weighted by Gasteiger charge is -2.30. The van der Waals surface area contributed by atoms with E-state index in [9.17, 15) is 24.5 Å². The number of nitrogens with zero attached hydrogens (tertiary/aromatic N) is 3. The number of carbonyl (C=O) groups excluding carboxylic acids is 3. The summed E-state index contributed by atoms with van der Waals surface area (Å²) in [4.78, 5) is 50.8. The van der Waals surface area contributed by atoms with E-state index in [1.165, 1.54) is 24.3 Å². The molecule has 2 aromatic rings. The molecule has 160 valence electrons. The van der Waals surface area contributed by atoms with E-state index in [2.05, 4.69) is 6.92 Å². The Bertz CT molecular complexity index is 1040. The number of hydrogen-bond donors (Lipinski definition) is 0. The molecule has 8 nitrogen and oxygen atoms in total. The Kier molecular flexibility index (Phi) is 5.54. The van der Waals surface area contributed by atoms with Crippen molar-refractivity contribution in [2.75, 3.05) is 0 Å². The van der Waals surface area contributed by atoms with E-state index >= 15 is 0 Å². The van der Waals surface area contributed by atoms with Crippen molar-refractivity contribution in [3.63, 3.8) is 0 Å². The van der Waals surface area contributed by atoms with Crippen molar-refractivity contribution >= 4 is 23.4 Å². The molecule has 0 aromatic heterocycles. The Morgan fingerprint density at radius 1 is 1.03 bits per heavy atom. The molecule has 8 heteroatoms. The number of nitro groups is 1. The van der Waals surface area contributed by atoms with E-state index in [0.717, 1.165) is 16.4 Å². The number of rotatable bonds is 5. The van der Waals surface area contributed by atoms with Gasteiger partial charge in [0, 0.05) is 6.07 Å². The van der Waals surface area contributed by atoms with E-state index in [4.69, 9.17) is 0 Å². The van der Waals surface area contributed by atoms with Gasteiger partial charge >= 0.3 is 0 Å². The maximum atomic E-state index is 13.5. The van der Waals surface area contributed by atoms with Gasteiger partial charge in [-0.3, -0.25) is 24.5 Å². The third kappa shape index (κ3) is 3.81. The molecule has 3 atom stereocenters. The molecule has 1 saturated heterocycles. The van der Waals surface area contributed by atoms with Crippen LogP contribution in [-0.2, 0) is 16.1 Å². The van der Waals surface area contributed by atoms with Crippen LogP contribution in [0.4, 0.5) is 5.69 Å². The first-order valence-electron chi connectivity index (χ1n) is 10.4. The number of amides is 3. The molecule has 2 aliphatic rings. The van der Waals surface area contributed by atoms with Gasteiger partial charge in [0.15, 0.2) is 0 Å². The summed E-state index contributed by atoms with van der Waals surface area (Å²) in [6, 6.07) is 14.5. The Labute approximate surface area is 179 Å². The second-order valence-corrected chi connectivity index (χ2v) is 8.24. The highest BCUT2D eigenvalue weighted by Crippen LogP contribution is 2.41. The third-order valence-corrected chi connectivity index (χ3v) is 6.15. The number of nitro benzene ring substituents is 1. The molecule has 1 saturated carbocycles. The highest BCUT2D eigenvalue weighted by atomic mass is 16.6. The van der Waals surface area contributed by atoms with Gasteiger partial charge in [0.25, 0.3) is 23.4 Å². The maximum Gasteiger partial charge on any atom is 0.282 e. The van der Waals surface area contributed by atoms with Crippen LogP contribution in [0.2, 0.25) is 0 Å². The van der Waals surface area contributed by atoms with Crippen molar-refractivity contribution in [1.82, 2.24) is 10.0 Å². The molecular formula is C23H23N3O5. The lowest BCUT2D eigenvalue weighted by atomic mass is 9.76. The van der Waals surface area contributed by atoms with Gasteiger partial charge in [0.1, 0.15) is 5.56 Å². The Balaban J connectivity index is 1.75. The molecule has 0 unspecified atom stereocenters. The van der Waals surface area contributed by atoms with Gasteiger partial charge < -0.3 is 0 Å². The first-order chi connectivity index (χ1) is 14.9. The first-order valence-corrected chi connectivity index (χ1v) is 10.4. The van der Waals surface area contributed by atoms with Crippen molar-refractivity contribution in [1.29, 1.82) is 0 Å². The van der Waals surface area contributed by atoms with E-state index in [1.54, 1.807) is 24.3 Å². The number of imide groups is 1. The maximum absolute atomic E-state index is 13.5. The summed E-state index contributed by atoms with van der Waals surface area (Å²) in [5.41, 5.74) is 0.182. The molecule has 4 rings (SSSR count). The van der Waals surface area contributed by atoms with Crippen molar-refractivity contribution < 1.29 is 19.3 Å². The van der Waals surface area contributed by atoms with Crippen molar-refractivity contribution in [2.45, 2.75) is 32.7 Å². The smallest absolute Gasteiger partial charge is 0.272 e. The average Bonchev–Trinajstić information content (AvgIpc) is 3.01. The van der Waals surface area contributed by atoms with Gasteiger partial charge in [-0.15, -0.1) is 0 Å². The summed E-state index contributed by atoms with van der Waals surface area (Å²) in [7, 11) is 0. The zero-order valence-electron chi connectivity index (χ0n) is 17.1. The fourth-order valence-electron chi connectivity index (χ4n) is 4.55. The number of hydrogen-bond acceptors (Lipinski definition) is 5. The van der Waals surface area contributed by atoms with Crippen LogP contribution in [0.5, 0.6) is 0 Å². The molecule has 1 aliphatic heterocycles. The molecule has 1 aliphatic carbocycles. The van der Waals surface area contributed by atoms with Crippen molar-refractivity contribution in [2.24, 2.45) is 17.8 Å². The highest BCUT2D eigenvalue weighted by molar-refractivity contribution is 6.08. The number of benzene rings is 2. The van der Waals surface area contributed by atoms with Crippen molar-refractivity contribution in [3.8, 4) is 0 Å². The van der Waals surface area contributed by atoms with Crippen LogP contribution in [0.3, 0.4) is 0 Å². The van der Waals surface area contributed by atoms with Crippen molar-refractivity contribution in [3.05, 3.63) is 75.8 Å².